The average molecular weight is 408 g/mol. The number of hydrogen-bond donors (Lipinski definition) is 1. The van der Waals surface area contributed by atoms with E-state index in [-0.39, 0.29) is 5.56 Å². The van der Waals surface area contributed by atoms with Crippen molar-refractivity contribution in [2.75, 3.05) is 13.1 Å². The van der Waals surface area contributed by atoms with E-state index in [1.54, 1.807) is 10.1 Å². The van der Waals surface area contributed by atoms with Gasteiger partial charge in [0.2, 0.25) is 0 Å². The first-order valence-electron chi connectivity index (χ1n) is 11.7. The topological polar surface area (TPSA) is 37.3 Å². The van der Waals surface area contributed by atoms with Crippen molar-refractivity contribution in [1.82, 2.24) is 14.8 Å². The molecule has 2 bridgehead atoms. The summed E-state index contributed by atoms with van der Waals surface area (Å²) in [5, 5.41) is 3.76. The molecule has 4 heteroatoms. The molecule has 2 aliphatic heterocycles. The minimum absolute atomic E-state index is 0.103. The predicted molar refractivity (Wildman–Crippen MR) is 125 cm³/mol. The van der Waals surface area contributed by atoms with Gasteiger partial charge in [-0.15, -0.1) is 0 Å². The molecule has 3 heterocycles. The van der Waals surface area contributed by atoms with E-state index < -0.39 is 0 Å². The van der Waals surface area contributed by atoms with Gasteiger partial charge in [0, 0.05) is 56.1 Å². The van der Waals surface area contributed by atoms with Crippen LogP contribution in [0.2, 0.25) is 0 Å². The van der Waals surface area contributed by atoms with E-state index in [1.807, 2.05) is 20.2 Å². The normalized spacial score (nSPS) is 21.4. The molecule has 2 atom stereocenters. The molecule has 1 aromatic carbocycles. The molecule has 2 fully saturated rings. The average Bonchev–Trinajstić information content (AvgIpc) is 3.08. The van der Waals surface area contributed by atoms with E-state index in [4.69, 9.17) is 0 Å². The van der Waals surface area contributed by atoms with Gasteiger partial charge < -0.3 is 9.88 Å². The fourth-order valence-electron chi connectivity index (χ4n) is 5.47. The fraction of sp³-hybridized carbons (Fsp3) is 0.577. The van der Waals surface area contributed by atoms with E-state index in [0.29, 0.717) is 12.1 Å². The number of aromatic nitrogens is 1. The highest BCUT2D eigenvalue weighted by Gasteiger charge is 2.32. The predicted octanol–water partition coefficient (Wildman–Crippen LogP) is 4.12. The number of likely N-dealkylation sites (tertiary alicyclic amines) is 1. The Balaban J connectivity index is 1.75. The summed E-state index contributed by atoms with van der Waals surface area (Å²) in [6.45, 7) is 12.0. The molecule has 4 nitrogen and oxygen atoms in total. The maximum absolute atomic E-state index is 12.4. The Morgan fingerprint density at radius 3 is 2.33 bits per heavy atom. The molecule has 1 aromatic heterocycles. The van der Waals surface area contributed by atoms with Crippen LogP contribution in [0.4, 0.5) is 0 Å². The largest absolute Gasteiger partial charge is 0.318 e. The van der Waals surface area contributed by atoms with Gasteiger partial charge in [0.1, 0.15) is 0 Å². The van der Waals surface area contributed by atoms with Crippen LogP contribution in [-0.4, -0.2) is 34.6 Å². The molecule has 0 aliphatic carbocycles. The number of nitrogens with zero attached hydrogens (tertiary/aromatic N) is 2. The van der Waals surface area contributed by atoms with Gasteiger partial charge in [-0.3, -0.25) is 9.69 Å². The lowest BCUT2D eigenvalue weighted by atomic mass is 9.89. The first kappa shape index (κ1) is 21.3. The molecule has 2 aliphatic rings. The molecular weight excluding hydrogens is 370 g/mol. The molecule has 0 saturated carbocycles. The first-order valence-corrected chi connectivity index (χ1v) is 11.7. The molecule has 1 N–H and O–H groups in total. The summed E-state index contributed by atoms with van der Waals surface area (Å²) in [4.78, 5) is 15.0. The van der Waals surface area contributed by atoms with Crippen molar-refractivity contribution >= 4 is 0 Å². The van der Waals surface area contributed by atoms with Crippen LogP contribution in [0, 0.1) is 13.8 Å². The monoisotopic (exact) mass is 407 g/mol. The minimum Gasteiger partial charge on any atom is -0.318 e. The highest BCUT2D eigenvalue weighted by Crippen LogP contribution is 2.31. The Kier molecular flexibility index (Phi) is 6.17. The van der Waals surface area contributed by atoms with E-state index in [9.17, 15) is 4.79 Å². The Labute approximate surface area is 181 Å². The van der Waals surface area contributed by atoms with Crippen molar-refractivity contribution < 1.29 is 0 Å². The van der Waals surface area contributed by atoms with Crippen LogP contribution in [0.1, 0.15) is 60.9 Å². The van der Waals surface area contributed by atoms with Gasteiger partial charge in [0.25, 0.3) is 5.56 Å². The maximum atomic E-state index is 12.4. The van der Waals surface area contributed by atoms with E-state index in [0.717, 1.165) is 36.9 Å². The quantitative estimate of drug-likeness (QED) is 0.783. The van der Waals surface area contributed by atoms with Gasteiger partial charge in [0.15, 0.2) is 0 Å². The lowest BCUT2D eigenvalue weighted by Gasteiger charge is -2.34. The second-order valence-corrected chi connectivity index (χ2v) is 9.42. The van der Waals surface area contributed by atoms with Crippen molar-refractivity contribution in [3.8, 4) is 11.1 Å². The van der Waals surface area contributed by atoms with Crippen LogP contribution in [0.5, 0.6) is 0 Å². The van der Waals surface area contributed by atoms with Crippen molar-refractivity contribution in [3.63, 3.8) is 0 Å². The summed E-state index contributed by atoms with van der Waals surface area (Å²) in [7, 11) is 1.86. The van der Waals surface area contributed by atoms with Crippen LogP contribution >= 0.6 is 0 Å². The van der Waals surface area contributed by atoms with Gasteiger partial charge in [-0.1, -0.05) is 32.4 Å². The molecule has 2 saturated heterocycles. The van der Waals surface area contributed by atoms with E-state index in [2.05, 4.69) is 43.1 Å². The number of piperazine rings is 1. The number of nitrogens with one attached hydrogen (secondary N) is 1. The smallest absolute Gasteiger partial charge is 0.253 e. The van der Waals surface area contributed by atoms with Gasteiger partial charge in [-0.2, -0.15) is 0 Å². The van der Waals surface area contributed by atoms with Crippen molar-refractivity contribution in [2.24, 2.45) is 7.05 Å². The van der Waals surface area contributed by atoms with Crippen LogP contribution in [-0.2, 0) is 26.4 Å². The molecule has 0 amide bonds. The number of pyridine rings is 1. The molecule has 0 radical (unpaired) electrons. The zero-order chi connectivity index (χ0) is 21.4. The van der Waals surface area contributed by atoms with Crippen molar-refractivity contribution in [3.05, 3.63) is 56.5 Å². The lowest BCUT2D eigenvalue weighted by Crippen LogP contribution is -2.50. The Bertz CT molecular complexity index is 979. The molecule has 2 unspecified atom stereocenters. The Hall–Kier alpha value is -1.91. The third kappa shape index (κ3) is 4.00. The van der Waals surface area contributed by atoms with E-state index in [1.165, 1.54) is 48.2 Å². The molecular formula is C26H37N3O. The van der Waals surface area contributed by atoms with Crippen LogP contribution in [0.25, 0.3) is 11.1 Å². The second-order valence-electron chi connectivity index (χ2n) is 9.42. The second kappa shape index (κ2) is 8.68. The summed E-state index contributed by atoms with van der Waals surface area (Å²) in [5.74, 6) is 0. The Morgan fingerprint density at radius 1 is 1.03 bits per heavy atom. The third-order valence-corrected chi connectivity index (χ3v) is 7.25. The number of fused-ring (bicyclic) bond motifs is 2. The molecule has 30 heavy (non-hydrogen) atoms. The number of aryl methyl sites for hydroxylation is 3. The lowest BCUT2D eigenvalue weighted by molar-refractivity contribution is 0.188. The van der Waals surface area contributed by atoms with Crippen LogP contribution < -0.4 is 10.9 Å². The van der Waals surface area contributed by atoms with Crippen LogP contribution in [0.15, 0.2) is 23.1 Å². The summed E-state index contributed by atoms with van der Waals surface area (Å²) >= 11 is 0. The maximum Gasteiger partial charge on any atom is 0.253 e. The van der Waals surface area contributed by atoms with Crippen molar-refractivity contribution in [1.29, 1.82) is 0 Å². The molecule has 2 aromatic rings. The summed E-state index contributed by atoms with van der Waals surface area (Å²) in [5.41, 5.74) is 9.01. The van der Waals surface area contributed by atoms with Gasteiger partial charge in [-0.25, -0.2) is 0 Å². The zero-order valence-electron chi connectivity index (χ0n) is 19.3. The Morgan fingerprint density at radius 2 is 1.70 bits per heavy atom. The first-order chi connectivity index (χ1) is 14.4. The molecule has 0 spiro atoms. The summed E-state index contributed by atoms with van der Waals surface area (Å²) < 4.78 is 1.73. The van der Waals surface area contributed by atoms with E-state index >= 15 is 0 Å². The third-order valence-electron chi connectivity index (χ3n) is 7.25. The minimum atomic E-state index is 0.103. The van der Waals surface area contributed by atoms with Gasteiger partial charge >= 0.3 is 0 Å². The number of rotatable bonds is 6. The summed E-state index contributed by atoms with van der Waals surface area (Å²) in [6, 6.07) is 6.15. The number of benzene rings is 1. The standard InChI is InChI=1S/C26H37N3O/c1-6-8-20-12-21(24-15-28(5)26(30)18(4)17(24)3)11-19(7-2)25(20)16-29-13-22-9-10-23(14-29)27-22/h11-12,15,22-23,27H,6-10,13-14,16H2,1-5H3. The fourth-order valence-corrected chi connectivity index (χ4v) is 5.47. The SMILES string of the molecule is CCCc1cc(-c2cn(C)c(=O)c(C)c2C)cc(CC)c1CN1CC2CCC(C1)N2. The zero-order valence-corrected chi connectivity index (χ0v) is 19.3. The van der Waals surface area contributed by atoms with Gasteiger partial charge in [0.05, 0.1) is 0 Å². The number of hydrogen-bond acceptors (Lipinski definition) is 3. The summed E-state index contributed by atoms with van der Waals surface area (Å²) in [6.07, 6.45) is 7.98. The highest BCUT2D eigenvalue weighted by atomic mass is 16.1. The van der Waals surface area contributed by atoms with Crippen molar-refractivity contribution in [2.45, 2.75) is 78.4 Å². The molecule has 162 valence electrons. The highest BCUT2D eigenvalue weighted by molar-refractivity contribution is 5.70. The van der Waals surface area contributed by atoms with Crippen LogP contribution in [0.3, 0.4) is 0 Å². The molecule has 4 rings (SSSR count). The van der Waals surface area contributed by atoms with Gasteiger partial charge in [-0.05, 0) is 67.3 Å².